The highest BCUT2D eigenvalue weighted by molar-refractivity contribution is 5.70. The number of ether oxygens (including phenoxy) is 5. The van der Waals surface area contributed by atoms with Crippen LogP contribution in [0.1, 0.15) is 201 Å². The lowest BCUT2D eigenvalue weighted by atomic mass is 9.86. The van der Waals surface area contributed by atoms with Gasteiger partial charge in [-0.1, -0.05) is 128 Å². The maximum atomic E-state index is 13.7. The van der Waals surface area contributed by atoms with Crippen molar-refractivity contribution in [2.24, 2.45) is 23.7 Å². The highest BCUT2D eigenvalue weighted by Gasteiger charge is 2.32. The molecule has 0 bridgehead atoms. The van der Waals surface area contributed by atoms with Crippen molar-refractivity contribution < 1.29 is 52.5 Å². The first-order valence-electron chi connectivity index (χ1n) is 23.9. The molecule has 0 heterocycles. The predicted octanol–water partition coefficient (Wildman–Crippen LogP) is 10.9. The normalized spacial score (nSPS) is 19.6. The van der Waals surface area contributed by atoms with Gasteiger partial charge in [-0.3, -0.25) is 14.4 Å². The second kappa shape index (κ2) is 28.2. The Morgan fingerprint density at radius 3 is 1.19 bits per heavy atom. The van der Waals surface area contributed by atoms with Crippen LogP contribution in [0.5, 0.6) is 0 Å². The second-order valence-corrected chi connectivity index (χ2v) is 19.1. The summed E-state index contributed by atoms with van der Waals surface area (Å²) in [6.07, 6.45) is 26.3. The minimum Gasteiger partial charge on any atom is -0.463 e. The molecule has 0 saturated heterocycles. The molecular weight excluding hydrogens is 755 g/mol. The molecule has 4 aliphatic rings. The van der Waals surface area contributed by atoms with E-state index in [-0.39, 0.29) is 57.2 Å². The van der Waals surface area contributed by atoms with Crippen LogP contribution < -0.4 is 0 Å². The highest BCUT2D eigenvalue weighted by atomic mass is 17.0. The molecule has 4 rings (SSSR count). The fourth-order valence-electron chi connectivity index (χ4n) is 9.23. The van der Waals surface area contributed by atoms with Crippen molar-refractivity contribution in [2.75, 3.05) is 33.0 Å². The third-order valence-electron chi connectivity index (χ3n) is 12.7. The van der Waals surface area contributed by atoms with Crippen molar-refractivity contribution in [2.45, 2.75) is 218 Å². The molecule has 12 heteroatoms. The summed E-state index contributed by atoms with van der Waals surface area (Å²) in [6.45, 7) is 4.97. The van der Waals surface area contributed by atoms with E-state index in [1.54, 1.807) is 20.8 Å². The maximum Gasteiger partial charge on any atom is 0.460 e. The van der Waals surface area contributed by atoms with Gasteiger partial charge < -0.3 is 23.7 Å². The lowest BCUT2D eigenvalue weighted by molar-refractivity contribution is -0.383. The molecule has 0 aromatic rings. The fourth-order valence-corrected chi connectivity index (χ4v) is 9.23. The summed E-state index contributed by atoms with van der Waals surface area (Å²) in [6, 6.07) is 0. The van der Waals surface area contributed by atoms with Crippen molar-refractivity contribution in [3.8, 4) is 0 Å². The topological polar surface area (TPSA) is 136 Å². The Balaban J connectivity index is 1.41. The Kier molecular flexibility index (Phi) is 23.5. The minimum atomic E-state index is -1.09. The number of carbonyl (C=O) groups is 4. The van der Waals surface area contributed by atoms with Crippen LogP contribution >= 0.6 is 0 Å². The number of rotatable bonds is 25. The summed E-state index contributed by atoms with van der Waals surface area (Å²) in [5.41, 5.74) is -0.911. The van der Waals surface area contributed by atoms with Gasteiger partial charge in [-0.25, -0.2) is 14.5 Å². The number of nitrogens with zero attached hydrogens (tertiary/aromatic N) is 1. The highest BCUT2D eigenvalue weighted by Crippen LogP contribution is 2.30. The zero-order valence-corrected chi connectivity index (χ0v) is 37.2. The molecule has 0 aromatic carbocycles. The molecule has 4 aliphatic carbocycles. The van der Waals surface area contributed by atoms with E-state index in [0.717, 1.165) is 76.5 Å². The Labute approximate surface area is 356 Å². The molecule has 0 aliphatic heterocycles. The lowest BCUT2D eigenvalue weighted by Crippen LogP contribution is -2.45. The van der Waals surface area contributed by atoms with Crippen molar-refractivity contribution >= 4 is 24.0 Å². The molecule has 0 spiro atoms. The Bertz CT molecular complexity index is 1140. The summed E-state index contributed by atoms with van der Waals surface area (Å²) in [4.78, 5) is 64.9. The van der Waals surface area contributed by atoms with E-state index < -0.39 is 23.9 Å². The summed E-state index contributed by atoms with van der Waals surface area (Å²) in [5.74, 6) is 1.19. The summed E-state index contributed by atoms with van der Waals surface area (Å²) >= 11 is 0. The van der Waals surface area contributed by atoms with Crippen molar-refractivity contribution in [3.05, 3.63) is 0 Å². The molecule has 1 atom stereocenters. The quantitative estimate of drug-likeness (QED) is 0.0376. The third kappa shape index (κ3) is 22.3. The maximum absolute atomic E-state index is 13.7. The molecule has 1 unspecified atom stereocenters. The van der Waals surface area contributed by atoms with Crippen LogP contribution in [0.2, 0.25) is 0 Å². The van der Waals surface area contributed by atoms with E-state index >= 15 is 0 Å². The molecule has 0 N–H and O–H groups in total. The van der Waals surface area contributed by atoms with Crippen molar-refractivity contribution in [1.82, 2.24) is 5.23 Å². The van der Waals surface area contributed by atoms with Gasteiger partial charge in [-0.15, -0.1) is 0 Å². The summed E-state index contributed by atoms with van der Waals surface area (Å²) < 4.78 is 28.9. The minimum absolute atomic E-state index is 0.0280. The molecule has 12 nitrogen and oxygen atoms in total. The van der Waals surface area contributed by atoms with E-state index in [1.807, 2.05) is 0 Å². The van der Waals surface area contributed by atoms with E-state index in [4.69, 9.17) is 33.4 Å². The average Bonchev–Trinajstić information content (AvgIpc) is 3.24. The standard InChI is InChI=1S/C47H81NO11/c1-47(2,3)57-46(52)48(58-41(33-53-32-16-25-37-17-8-4-9-18-37)34-54-43(49)29-26-38-19-10-5-11-20-38)59-42(35-55-44(50)30-27-39-21-12-6-13-22-39)36-56-45(51)31-28-40-23-14-7-15-24-40/h37-42H,4-36H2,1-3H3. The van der Waals surface area contributed by atoms with Crippen LogP contribution in [0.3, 0.4) is 0 Å². The van der Waals surface area contributed by atoms with Gasteiger partial charge in [0.05, 0.1) is 6.61 Å². The van der Waals surface area contributed by atoms with Crippen LogP contribution in [0.4, 0.5) is 4.79 Å². The largest absolute Gasteiger partial charge is 0.463 e. The first-order valence-corrected chi connectivity index (χ1v) is 23.9. The molecule has 0 radical (unpaired) electrons. The number of hydroxylamine groups is 2. The van der Waals surface area contributed by atoms with Crippen LogP contribution in [-0.2, 0) is 47.7 Å². The molecule has 1 amide bonds. The van der Waals surface area contributed by atoms with Crippen LogP contribution in [0, 0.1) is 23.7 Å². The molecular formula is C47H81NO11. The van der Waals surface area contributed by atoms with E-state index in [1.165, 1.54) is 89.9 Å². The lowest BCUT2D eigenvalue weighted by Gasteiger charge is -2.31. The van der Waals surface area contributed by atoms with Gasteiger partial charge in [0.15, 0.2) is 6.10 Å². The first kappa shape index (κ1) is 49.2. The van der Waals surface area contributed by atoms with E-state index in [0.29, 0.717) is 36.0 Å². The summed E-state index contributed by atoms with van der Waals surface area (Å²) in [7, 11) is 0. The molecule has 340 valence electrons. The van der Waals surface area contributed by atoms with Crippen LogP contribution in [0.15, 0.2) is 0 Å². The van der Waals surface area contributed by atoms with Gasteiger partial charge in [0.25, 0.3) is 0 Å². The number of amides is 1. The Morgan fingerprint density at radius 2 is 0.831 bits per heavy atom. The van der Waals surface area contributed by atoms with Crippen LogP contribution in [-0.4, -0.2) is 80.1 Å². The second-order valence-electron chi connectivity index (χ2n) is 19.1. The Morgan fingerprint density at radius 1 is 0.492 bits per heavy atom. The number of carbonyl (C=O) groups excluding carboxylic acids is 4. The zero-order chi connectivity index (χ0) is 42.1. The SMILES string of the molecule is CC(C)(C)OC(=O)N(OC(COCCCC1CCCCC1)COC(=O)CCC1CCCCC1)OC(COC(=O)CCC1CCCCC1)COC(=O)CCC1CCCCC1. The first-order chi connectivity index (χ1) is 28.5. The van der Waals surface area contributed by atoms with Gasteiger partial charge in [0.2, 0.25) is 0 Å². The van der Waals surface area contributed by atoms with E-state index in [9.17, 15) is 19.2 Å². The van der Waals surface area contributed by atoms with E-state index in [2.05, 4.69) is 0 Å². The molecule has 4 fully saturated rings. The fraction of sp³-hybridized carbons (Fsp3) is 0.915. The smallest absolute Gasteiger partial charge is 0.460 e. The van der Waals surface area contributed by atoms with Gasteiger partial charge >= 0.3 is 24.0 Å². The third-order valence-corrected chi connectivity index (χ3v) is 12.7. The number of hydrogen-bond acceptors (Lipinski definition) is 11. The zero-order valence-electron chi connectivity index (χ0n) is 37.2. The van der Waals surface area contributed by atoms with Crippen LogP contribution in [0.25, 0.3) is 0 Å². The monoisotopic (exact) mass is 836 g/mol. The molecule has 4 saturated carbocycles. The summed E-state index contributed by atoms with van der Waals surface area (Å²) in [5, 5.41) is 0.619. The van der Waals surface area contributed by atoms with Gasteiger partial charge in [-0.2, -0.15) is 0 Å². The van der Waals surface area contributed by atoms with Gasteiger partial charge in [-0.05, 0) is 81.8 Å². The van der Waals surface area contributed by atoms with Crippen molar-refractivity contribution in [1.29, 1.82) is 0 Å². The van der Waals surface area contributed by atoms with Crippen molar-refractivity contribution in [3.63, 3.8) is 0 Å². The molecule has 0 aromatic heterocycles. The molecule has 59 heavy (non-hydrogen) atoms. The number of esters is 3. The average molecular weight is 836 g/mol. The van der Waals surface area contributed by atoms with Gasteiger partial charge in [0.1, 0.15) is 31.5 Å². The number of hydrogen-bond donors (Lipinski definition) is 0. The predicted molar refractivity (Wildman–Crippen MR) is 225 cm³/mol. The van der Waals surface area contributed by atoms with Gasteiger partial charge in [0, 0.05) is 25.9 Å². The Hall–Kier alpha value is -2.44.